The molecule has 1 heterocycles. The van der Waals surface area contributed by atoms with E-state index in [4.69, 9.17) is 5.73 Å². The van der Waals surface area contributed by atoms with Gasteiger partial charge in [0.05, 0.1) is 0 Å². The highest BCUT2D eigenvalue weighted by Crippen LogP contribution is 2.24. The predicted octanol–water partition coefficient (Wildman–Crippen LogP) is 3.64. The smallest absolute Gasteiger partial charge is 0.126 e. The zero-order valence-electron chi connectivity index (χ0n) is 12.9. The van der Waals surface area contributed by atoms with E-state index in [1.165, 1.54) is 19.4 Å². The second kappa shape index (κ2) is 6.68. The third-order valence-corrected chi connectivity index (χ3v) is 4.86. The number of hydrogen-bond donors (Lipinski definition) is 1. The summed E-state index contributed by atoms with van der Waals surface area (Å²) in [5.74, 6) is 0.606. The van der Waals surface area contributed by atoms with E-state index in [0.29, 0.717) is 11.6 Å². The molecule has 1 aromatic rings. The summed E-state index contributed by atoms with van der Waals surface area (Å²) in [4.78, 5) is 2.53. The highest BCUT2D eigenvalue weighted by Gasteiger charge is 2.24. The molecule has 112 valence electrons. The monoisotopic (exact) mass is 278 g/mol. The summed E-state index contributed by atoms with van der Waals surface area (Å²) in [6.07, 6.45) is 3.49. The van der Waals surface area contributed by atoms with Gasteiger partial charge >= 0.3 is 0 Å². The molecule has 1 saturated heterocycles. The van der Waals surface area contributed by atoms with Crippen molar-refractivity contribution in [2.24, 2.45) is 11.7 Å². The summed E-state index contributed by atoms with van der Waals surface area (Å²) in [6, 6.07) is 5.91. The quantitative estimate of drug-likeness (QED) is 0.911. The van der Waals surface area contributed by atoms with E-state index in [1.54, 1.807) is 13.0 Å². The van der Waals surface area contributed by atoms with E-state index in [0.717, 1.165) is 24.4 Å². The van der Waals surface area contributed by atoms with Crippen LogP contribution in [0.25, 0.3) is 0 Å². The van der Waals surface area contributed by atoms with E-state index in [2.05, 4.69) is 18.7 Å². The lowest BCUT2D eigenvalue weighted by atomic mass is 9.91. The number of piperidine rings is 1. The lowest BCUT2D eigenvalue weighted by Gasteiger charge is -2.38. The van der Waals surface area contributed by atoms with Gasteiger partial charge < -0.3 is 10.6 Å². The van der Waals surface area contributed by atoms with Crippen molar-refractivity contribution in [2.45, 2.75) is 52.1 Å². The fourth-order valence-corrected chi connectivity index (χ4v) is 3.05. The minimum Gasteiger partial charge on any atom is -0.324 e. The topological polar surface area (TPSA) is 29.3 Å². The third kappa shape index (κ3) is 3.58. The van der Waals surface area contributed by atoms with Gasteiger partial charge in [-0.15, -0.1) is 0 Å². The van der Waals surface area contributed by atoms with Crippen LogP contribution in [0.3, 0.4) is 0 Å². The zero-order valence-corrected chi connectivity index (χ0v) is 12.9. The van der Waals surface area contributed by atoms with E-state index in [1.807, 2.05) is 12.1 Å². The van der Waals surface area contributed by atoms with Crippen molar-refractivity contribution in [3.63, 3.8) is 0 Å². The Morgan fingerprint density at radius 3 is 2.85 bits per heavy atom. The molecule has 3 unspecified atom stereocenters. The molecule has 0 bridgehead atoms. The molecule has 0 spiro atoms. The molecule has 1 aliphatic rings. The van der Waals surface area contributed by atoms with Crippen molar-refractivity contribution < 1.29 is 4.39 Å². The van der Waals surface area contributed by atoms with Crippen molar-refractivity contribution in [3.8, 4) is 0 Å². The third-order valence-electron chi connectivity index (χ3n) is 4.86. The molecule has 0 aromatic heterocycles. The van der Waals surface area contributed by atoms with Crippen molar-refractivity contribution in [1.82, 2.24) is 4.90 Å². The maximum absolute atomic E-state index is 13.6. The van der Waals surface area contributed by atoms with Gasteiger partial charge in [0.1, 0.15) is 5.82 Å². The summed E-state index contributed by atoms with van der Waals surface area (Å²) >= 11 is 0. The number of hydrogen-bond acceptors (Lipinski definition) is 2. The average Bonchev–Trinajstić information content (AvgIpc) is 2.43. The number of halogens is 1. The second-order valence-electron chi connectivity index (χ2n) is 6.30. The van der Waals surface area contributed by atoms with E-state index in [-0.39, 0.29) is 11.9 Å². The van der Waals surface area contributed by atoms with Gasteiger partial charge in [0, 0.05) is 18.6 Å². The van der Waals surface area contributed by atoms with Crippen LogP contribution >= 0.6 is 0 Å². The van der Waals surface area contributed by atoms with E-state index in [9.17, 15) is 4.39 Å². The number of nitrogens with two attached hydrogens (primary N) is 1. The van der Waals surface area contributed by atoms with Gasteiger partial charge in [0.15, 0.2) is 0 Å². The van der Waals surface area contributed by atoms with Gasteiger partial charge in [0.25, 0.3) is 0 Å². The van der Waals surface area contributed by atoms with Crippen LogP contribution in [0.5, 0.6) is 0 Å². The largest absolute Gasteiger partial charge is 0.324 e. The highest BCUT2D eigenvalue weighted by molar-refractivity contribution is 5.25. The number of rotatable bonds is 4. The summed E-state index contributed by atoms with van der Waals surface area (Å²) in [5.41, 5.74) is 7.81. The molecule has 3 atom stereocenters. The minimum atomic E-state index is -0.155. The lowest BCUT2D eigenvalue weighted by molar-refractivity contribution is 0.110. The molecule has 1 aliphatic heterocycles. The van der Waals surface area contributed by atoms with Gasteiger partial charge in [-0.25, -0.2) is 4.39 Å². The normalized spacial score (nSPS) is 25.6. The first kappa shape index (κ1) is 15.5. The Bertz CT molecular complexity index is 447. The van der Waals surface area contributed by atoms with Crippen LogP contribution in [-0.4, -0.2) is 24.0 Å². The Kier molecular flexibility index (Phi) is 5.17. The van der Waals surface area contributed by atoms with Crippen molar-refractivity contribution >= 4 is 0 Å². The number of aryl methyl sites for hydroxylation is 1. The van der Waals surface area contributed by atoms with Gasteiger partial charge in [-0.05, 0) is 62.8 Å². The zero-order chi connectivity index (χ0) is 14.7. The fourth-order valence-electron chi connectivity index (χ4n) is 3.05. The van der Waals surface area contributed by atoms with E-state index < -0.39 is 0 Å². The first-order chi connectivity index (χ1) is 9.49. The van der Waals surface area contributed by atoms with Crippen molar-refractivity contribution in [1.29, 1.82) is 0 Å². The number of benzene rings is 1. The van der Waals surface area contributed by atoms with Gasteiger partial charge in [-0.1, -0.05) is 19.1 Å². The molecule has 0 aliphatic carbocycles. The molecule has 0 amide bonds. The Morgan fingerprint density at radius 1 is 1.40 bits per heavy atom. The molecular formula is C17H27FN2. The Morgan fingerprint density at radius 2 is 2.15 bits per heavy atom. The standard InChI is InChI=1S/C17H27FN2/c1-12-5-4-9-20(14(12)3)10-8-17(19)15-7-6-13(2)16(18)11-15/h6-7,11-12,14,17H,4-5,8-10,19H2,1-3H3. The second-order valence-corrected chi connectivity index (χ2v) is 6.30. The van der Waals surface area contributed by atoms with Crippen LogP contribution < -0.4 is 5.73 Å². The Labute approximate surface area is 122 Å². The molecule has 1 aromatic carbocycles. The molecule has 2 nitrogen and oxygen atoms in total. The maximum Gasteiger partial charge on any atom is 0.126 e. The predicted molar refractivity (Wildman–Crippen MR) is 82.1 cm³/mol. The van der Waals surface area contributed by atoms with Crippen LogP contribution in [0, 0.1) is 18.7 Å². The summed E-state index contributed by atoms with van der Waals surface area (Å²) in [5, 5.41) is 0. The molecule has 20 heavy (non-hydrogen) atoms. The van der Waals surface area contributed by atoms with Crippen LogP contribution in [0.15, 0.2) is 18.2 Å². The molecule has 2 N–H and O–H groups in total. The Balaban J connectivity index is 1.91. The first-order valence-corrected chi connectivity index (χ1v) is 7.74. The summed E-state index contributed by atoms with van der Waals surface area (Å²) < 4.78 is 13.6. The summed E-state index contributed by atoms with van der Waals surface area (Å²) in [7, 11) is 0. The van der Waals surface area contributed by atoms with Gasteiger partial charge in [0.2, 0.25) is 0 Å². The van der Waals surface area contributed by atoms with Crippen LogP contribution in [0.4, 0.5) is 4.39 Å². The van der Waals surface area contributed by atoms with Crippen LogP contribution in [0.1, 0.15) is 50.3 Å². The molecular weight excluding hydrogens is 251 g/mol. The summed E-state index contributed by atoms with van der Waals surface area (Å²) in [6.45, 7) is 8.58. The molecule has 2 rings (SSSR count). The first-order valence-electron chi connectivity index (χ1n) is 7.74. The SMILES string of the molecule is Cc1ccc(C(N)CCN2CCCC(C)C2C)cc1F. The van der Waals surface area contributed by atoms with Crippen molar-refractivity contribution in [3.05, 3.63) is 35.1 Å². The maximum atomic E-state index is 13.6. The van der Waals surface area contributed by atoms with Crippen LogP contribution in [0.2, 0.25) is 0 Å². The fraction of sp³-hybridized carbons (Fsp3) is 0.647. The number of nitrogens with zero attached hydrogens (tertiary/aromatic N) is 1. The minimum absolute atomic E-state index is 0.0745. The molecule has 3 heteroatoms. The average molecular weight is 278 g/mol. The van der Waals surface area contributed by atoms with Gasteiger partial charge in [-0.3, -0.25) is 0 Å². The van der Waals surface area contributed by atoms with Crippen LogP contribution in [-0.2, 0) is 0 Å². The number of likely N-dealkylation sites (tertiary alicyclic amines) is 1. The molecule has 0 radical (unpaired) electrons. The van der Waals surface area contributed by atoms with Crippen molar-refractivity contribution in [2.75, 3.05) is 13.1 Å². The molecule has 1 fully saturated rings. The van der Waals surface area contributed by atoms with E-state index >= 15 is 0 Å². The highest BCUT2D eigenvalue weighted by atomic mass is 19.1. The Hall–Kier alpha value is -0.930. The lowest BCUT2D eigenvalue weighted by Crippen LogP contribution is -2.43. The molecule has 0 saturated carbocycles. The van der Waals surface area contributed by atoms with Gasteiger partial charge in [-0.2, -0.15) is 0 Å².